The highest BCUT2D eigenvalue weighted by atomic mass is 32.2. The van der Waals surface area contributed by atoms with Crippen LogP contribution in [0.25, 0.3) is 0 Å². The number of unbranched alkanes of at least 4 members (excludes halogenated alkanes) is 2. The highest BCUT2D eigenvalue weighted by Crippen LogP contribution is 2.22. The molecule has 0 fully saturated rings. The molecule has 0 bridgehead atoms. The Hall–Kier alpha value is -0.740. The summed E-state index contributed by atoms with van der Waals surface area (Å²) in [4.78, 5) is 0. The van der Waals surface area contributed by atoms with Crippen molar-refractivity contribution in [2.45, 2.75) is 50.4 Å². The van der Waals surface area contributed by atoms with Crippen molar-refractivity contribution in [3.8, 4) is 0 Å². The quantitative estimate of drug-likeness (QED) is 0.254. The van der Waals surface area contributed by atoms with Crippen LogP contribution in [0.15, 0.2) is 12.7 Å². The first-order valence-electron chi connectivity index (χ1n) is 6.99. The molecule has 3 N–H and O–H groups in total. The maximum Gasteiger partial charge on any atom is 0.267 e. The van der Waals surface area contributed by atoms with Gasteiger partial charge in [0.25, 0.3) is 10.1 Å². The zero-order valence-corrected chi connectivity index (χ0v) is 13.5. The normalized spacial score (nSPS) is 16.7. The van der Waals surface area contributed by atoms with Crippen LogP contribution in [0.2, 0.25) is 0 Å². The van der Waals surface area contributed by atoms with Gasteiger partial charge >= 0.3 is 0 Å². The molecule has 0 aliphatic rings. The number of hydrogen-bond donors (Lipinski definition) is 2. The fourth-order valence-electron chi connectivity index (χ4n) is 1.46. The lowest BCUT2D eigenvalue weighted by molar-refractivity contribution is 0.0354. The molecule has 0 rings (SSSR count). The van der Waals surface area contributed by atoms with E-state index in [1.54, 1.807) is 6.08 Å². The van der Waals surface area contributed by atoms with Gasteiger partial charge in [0.15, 0.2) is 18.5 Å². The molecule has 23 heavy (non-hydrogen) atoms. The smallest absolute Gasteiger partial charge is 0.267 e. The van der Waals surface area contributed by atoms with Gasteiger partial charge in [-0.05, 0) is 12.8 Å². The number of rotatable bonds is 11. The molecule has 0 amide bonds. The Morgan fingerprint density at radius 3 is 1.91 bits per heavy atom. The lowest BCUT2D eigenvalue weighted by Gasteiger charge is -2.19. The summed E-state index contributed by atoms with van der Waals surface area (Å²) in [6, 6.07) is 0. The minimum absolute atomic E-state index is 0.119. The van der Waals surface area contributed by atoms with E-state index in [2.05, 4.69) is 6.58 Å². The molecule has 10 heteroatoms. The highest BCUT2D eigenvalue weighted by Gasteiger charge is 2.37. The molecule has 0 saturated heterocycles. The van der Waals surface area contributed by atoms with E-state index < -0.39 is 53.7 Å². The van der Waals surface area contributed by atoms with Crippen molar-refractivity contribution in [3.63, 3.8) is 0 Å². The molecule has 0 spiro atoms. The number of alkyl halides is 5. The Bertz CT molecular complexity index is 397. The van der Waals surface area contributed by atoms with Gasteiger partial charge in [-0.2, -0.15) is 8.42 Å². The molecule has 0 aromatic carbocycles. The monoisotopic (exact) mass is 369 g/mol. The van der Waals surface area contributed by atoms with Gasteiger partial charge in [-0.3, -0.25) is 8.94 Å². The van der Waals surface area contributed by atoms with Gasteiger partial charge in [-0.15, -0.1) is 6.58 Å². The van der Waals surface area contributed by atoms with E-state index in [1.807, 2.05) is 0 Å². The van der Waals surface area contributed by atoms with E-state index in [0.717, 1.165) is 0 Å². The van der Waals surface area contributed by atoms with Crippen molar-refractivity contribution in [1.82, 2.24) is 0 Å². The van der Waals surface area contributed by atoms with Crippen LogP contribution in [-0.2, 0) is 10.1 Å². The Morgan fingerprint density at radius 1 is 1.04 bits per heavy atom. The van der Waals surface area contributed by atoms with Gasteiger partial charge in [0, 0.05) is 6.54 Å². The van der Waals surface area contributed by atoms with E-state index in [9.17, 15) is 30.4 Å². The van der Waals surface area contributed by atoms with Crippen molar-refractivity contribution in [1.29, 1.82) is 0 Å². The van der Waals surface area contributed by atoms with Crippen LogP contribution in [0, 0.1) is 0 Å². The SMILES string of the molecule is C=CCN.O=S(=O)(O)CC(F)C(F)C(F)C(F)CCCCCF. The fraction of sp³-hybridized carbons (Fsp3) is 0.846. The summed E-state index contributed by atoms with van der Waals surface area (Å²) < 4.78 is 93.0. The summed E-state index contributed by atoms with van der Waals surface area (Å²) in [6.45, 7) is 3.34. The molecule has 4 unspecified atom stereocenters. The molecule has 0 aliphatic heterocycles. The molecular weight excluding hydrogens is 345 g/mol. The van der Waals surface area contributed by atoms with Crippen molar-refractivity contribution in [3.05, 3.63) is 12.7 Å². The van der Waals surface area contributed by atoms with E-state index in [-0.39, 0.29) is 12.8 Å². The molecule has 0 aromatic rings. The Kier molecular flexibility index (Phi) is 14.6. The molecular formula is C13H24F5NO3S. The number of hydrogen-bond acceptors (Lipinski definition) is 3. The Balaban J connectivity index is 0. The average molecular weight is 369 g/mol. The van der Waals surface area contributed by atoms with Crippen LogP contribution in [0.3, 0.4) is 0 Å². The first-order valence-corrected chi connectivity index (χ1v) is 8.60. The van der Waals surface area contributed by atoms with Crippen molar-refractivity contribution >= 4 is 10.1 Å². The predicted octanol–water partition coefficient (Wildman–Crippen LogP) is 2.89. The maximum atomic E-state index is 13.2. The largest absolute Gasteiger partial charge is 0.327 e. The predicted molar refractivity (Wildman–Crippen MR) is 79.7 cm³/mol. The van der Waals surface area contributed by atoms with E-state index in [4.69, 9.17) is 10.3 Å². The Labute approximate surface area is 133 Å². The lowest BCUT2D eigenvalue weighted by Crippen LogP contribution is -2.38. The first kappa shape index (κ1) is 24.5. The Morgan fingerprint density at radius 2 is 1.52 bits per heavy atom. The van der Waals surface area contributed by atoms with Crippen LogP contribution >= 0.6 is 0 Å². The fourth-order valence-corrected chi connectivity index (χ4v) is 2.05. The molecule has 0 radical (unpaired) electrons. The summed E-state index contributed by atoms with van der Waals surface area (Å²) in [5.41, 5.74) is 4.91. The highest BCUT2D eigenvalue weighted by molar-refractivity contribution is 7.85. The molecule has 0 heterocycles. The van der Waals surface area contributed by atoms with Crippen molar-refractivity contribution in [2.24, 2.45) is 5.73 Å². The topological polar surface area (TPSA) is 80.4 Å². The van der Waals surface area contributed by atoms with E-state index in [1.165, 1.54) is 0 Å². The number of nitrogens with two attached hydrogens (primary N) is 1. The minimum Gasteiger partial charge on any atom is -0.327 e. The van der Waals surface area contributed by atoms with Gasteiger partial charge in [-0.25, -0.2) is 17.6 Å². The maximum absolute atomic E-state index is 13.2. The summed E-state index contributed by atoms with van der Waals surface area (Å²) in [7, 11) is -4.80. The van der Waals surface area contributed by atoms with Crippen LogP contribution in [0.1, 0.15) is 25.7 Å². The first-order chi connectivity index (χ1) is 10.6. The summed E-state index contributed by atoms with van der Waals surface area (Å²) in [5.74, 6) is -1.62. The molecule has 4 nitrogen and oxygen atoms in total. The van der Waals surface area contributed by atoms with Gasteiger partial charge < -0.3 is 5.73 Å². The van der Waals surface area contributed by atoms with Gasteiger partial charge in [-0.1, -0.05) is 18.9 Å². The van der Waals surface area contributed by atoms with E-state index in [0.29, 0.717) is 13.0 Å². The second-order valence-electron chi connectivity index (χ2n) is 4.73. The third-order valence-corrected chi connectivity index (χ3v) is 3.38. The minimum atomic E-state index is -4.80. The second kappa shape index (κ2) is 13.7. The van der Waals surface area contributed by atoms with Crippen LogP contribution in [0.4, 0.5) is 22.0 Å². The number of halogens is 5. The van der Waals surface area contributed by atoms with Gasteiger partial charge in [0.05, 0.1) is 6.67 Å². The molecule has 0 aromatic heterocycles. The van der Waals surface area contributed by atoms with Crippen LogP contribution < -0.4 is 5.73 Å². The summed E-state index contributed by atoms with van der Waals surface area (Å²) in [5, 5.41) is 0. The van der Waals surface area contributed by atoms with Crippen molar-refractivity contribution in [2.75, 3.05) is 19.0 Å². The zero-order chi connectivity index (χ0) is 18.5. The standard InChI is InChI=1S/C10H17F5O3S.C3H7N/c11-5-3-1-2-4-7(12)9(14)10(15)8(13)6-19(16,17)18;1-2-3-4/h7-10H,1-6H2,(H,16,17,18);2H,1,3-4H2. The van der Waals surface area contributed by atoms with Crippen LogP contribution in [-0.4, -0.2) is 56.6 Å². The third kappa shape index (κ3) is 14.6. The lowest BCUT2D eigenvalue weighted by atomic mass is 10.0. The molecule has 140 valence electrons. The molecule has 0 saturated carbocycles. The second-order valence-corrected chi connectivity index (χ2v) is 6.23. The average Bonchev–Trinajstić information content (AvgIpc) is 2.48. The summed E-state index contributed by atoms with van der Waals surface area (Å²) in [6.07, 6.45) is -9.08. The van der Waals surface area contributed by atoms with Gasteiger partial charge in [0.1, 0.15) is 11.9 Å². The molecule has 0 aliphatic carbocycles. The summed E-state index contributed by atoms with van der Waals surface area (Å²) >= 11 is 0. The molecule has 4 atom stereocenters. The zero-order valence-electron chi connectivity index (χ0n) is 12.7. The van der Waals surface area contributed by atoms with E-state index >= 15 is 0 Å². The third-order valence-electron chi connectivity index (χ3n) is 2.65. The van der Waals surface area contributed by atoms with Gasteiger partial charge in [0.2, 0.25) is 0 Å². The van der Waals surface area contributed by atoms with Crippen LogP contribution in [0.5, 0.6) is 0 Å². The van der Waals surface area contributed by atoms with Crippen molar-refractivity contribution < 1.29 is 34.9 Å².